The first kappa shape index (κ1) is 38.0. The standard InChI is InChI=1S/C47H53N5O6/c1-47(2)44(32-5-4-6-37(26-32)57-3)43(39-14-12-36(53)27-41(39)58-47)31-7-9-34(10-8-31)50-19-17-30(18-20-50)28-49-21-23-51(24-22-49)35-11-13-38-33(25-35)29-52(46(38)56)40-15-16-42(54)48-45(40)55/h4-14,25-27,30,40,43-44,53H,15-24,28-29H2,1-3H3,(H,48,54,55)/t40-,43?,44+/m0/s1. The number of nitrogens with zero attached hydrogens (tertiary/aromatic N) is 4. The Balaban J connectivity index is 0.805. The number of phenolic OH excluding ortho intramolecular Hbond substituents is 1. The van der Waals surface area contributed by atoms with E-state index in [4.69, 9.17) is 9.47 Å². The lowest BCUT2D eigenvalue weighted by atomic mass is 9.68. The predicted molar refractivity (Wildman–Crippen MR) is 223 cm³/mol. The van der Waals surface area contributed by atoms with E-state index in [0.29, 0.717) is 24.4 Å². The molecule has 0 radical (unpaired) electrons. The molecular weight excluding hydrogens is 731 g/mol. The summed E-state index contributed by atoms with van der Waals surface area (Å²) in [4.78, 5) is 46.5. The molecule has 0 bridgehead atoms. The molecule has 4 aromatic carbocycles. The third-order valence-electron chi connectivity index (χ3n) is 13.2. The van der Waals surface area contributed by atoms with Gasteiger partial charge in [-0.15, -0.1) is 0 Å². The Morgan fingerprint density at radius 1 is 0.810 bits per heavy atom. The van der Waals surface area contributed by atoms with E-state index in [1.165, 1.54) is 11.3 Å². The van der Waals surface area contributed by atoms with E-state index in [0.717, 1.165) is 92.5 Å². The Kier molecular flexibility index (Phi) is 10.0. The van der Waals surface area contributed by atoms with E-state index >= 15 is 0 Å². The molecule has 3 fully saturated rings. The third kappa shape index (κ3) is 7.25. The number of rotatable bonds is 8. The molecule has 0 aromatic heterocycles. The smallest absolute Gasteiger partial charge is 0.255 e. The highest BCUT2D eigenvalue weighted by Crippen LogP contribution is 2.54. The Hall–Kier alpha value is -5.55. The second kappa shape index (κ2) is 15.3. The van der Waals surface area contributed by atoms with E-state index in [1.807, 2.05) is 30.3 Å². The molecule has 5 aliphatic heterocycles. The minimum absolute atomic E-state index is 0.0139. The zero-order valence-electron chi connectivity index (χ0n) is 33.7. The summed E-state index contributed by atoms with van der Waals surface area (Å²) in [5.41, 5.74) is 6.88. The van der Waals surface area contributed by atoms with Gasteiger partial charge in [0, 0.05) is 99.2 Å². The van der Waals surface area contributed by atoms with Crippen molar-refractivity contribution in [1.82, 2.24) is 15.1 Å². The Bertz CT molecular complexity index is 2210. The maximum absolute atomic E-state index is 13.2. The molecule has 3 amide bonds. The maximum Gasteiger partial charge on any atom is 0.255 e. The van der Waals surface area contributed by atoms with E-state index in [-0.39, 0.29) is 41.7 Å². The van der Waals surface area contributed by atoms with Crippen molar-refractivity contribution in [2.24, 2.45) is 5.92 Å². The summed E-state index contributed by atoms with van der Waals surface area (Å²) in [5, 5.41) is 12.7. The highest BCUT2D eigenvalue weighted by atomic mass is 16.5. The highest BCUT2D eigenvalue weighted by molar-refractivity contribution is 6.05. The van der Waals surface area contributed by atoms with Gasteiger partial charge in [0.1, 0.15) is 28.9 Å². The predicted octanol–water partition coefficient (Wildman–Crippen LogP) is 6.29. The quantitative estimate of drug-likeness (QED) is 0.199. The molecule has 2 N–H and O–H groups in total. The summed E-state index contributed by atoms with van der Waals surface area (Å²) in [6.07, 6.45) is 2.95. The number of phenols is 1. The molecular formula is C47H53N5O6. The van der Waals surface area contributed by atoms with Crippen LogP contribution in [0.3, 0.4) is 0 Å². The first-order chi connectivity index (χ1) is 28.0. The summed E-state index contributed by atoms with van der Waals surface area (Å²) in [7, 11) is 1.70. The van der Waals surface area contributed by atoms with Crippen molar-refractivity contribution in [1.29, 1.82) is 0 Å². The van der Waals surface area contributed by atoms with Gasteiger partial charge in [0.2, 0.25) is 11.8 Å². The normalized spacial score (nSPS) is 23.6. The molecule has 11 heteroatoms. The molecule has 302 valence electrons. The van der Waals surface area contributed by atoms with Crippen LogP contribution in [0, 0.1) is 5.92 Å². The number of fused-ring (bicyclic) bond motifs is 2. The van der Waals surface area contributed by atoms with Crippen LogP contribution in [0.1, 0.15) is 84.0 Å². The van der Waals surface area contributed by atoms with Crippen LogP contribution in [0.4, 0.5) is 11.4 Å². The Morgan fingerprint density at radius 2 is 1.55 bits per heavy atom. The molecule has 58 heavy (non-hydrogen) atoms. The monoisotopic (exact) mass is 783 g/mol. The zero-order chi connectivity index (χ0) is 40.1. The van der Waals surface area contributed by atoms with Crippen LogP contribution in [0.2, 0.25) is 0 Å². The van der Waals surface area contributed by atoms with Gasteiger partial charge in [-0.05, 0) is 104 Å². The molecule has 11 nitrogen and oxygen atoms in total. The number of carbonyl (C=O) groups excluding carboxylic acids is 3. The van der Waals surface area contributed by atoms with Gasteiger partial charge in [0.15, 0.2) is 0 Å². The summed E-state index contributed by atoms with van der Waals surface area (Å²) < 4.78 is 12.2. The van der Waals surface area contributed by atoms with Crippen molar-refractivity contribution in [2.75, 3.05) is 62.7 Å². The fourth-order valence-corrected chi connectivity index (χ4v) is 10.2. The third-order valence-corrected chi connectivity index (χ3v) is 13.2. The van der Waals surface area contributed by atoms with Crippen LogP contribution in [0.15, 0.2) is 84.9 Å². The number of piperazine rings is 1. The topological polar surface area (TPSA) is 115 Å². The van der Waals surface area contributed by atoms with Crippen molar-refractivity contribution in [3.05, 3.63) is 113 Å². The van der Waals surface area contributed by atoms with Gasteiger partial charge in [-0.2, -0.15) is 0 Å². The fourth-order valence-electron chi connectivity index (χ4n) is 10.2. The first-order valence-corrected chi connectivity index (χ1v) is 20.8. The average molecular weight is 784 g/mol. The van der Waals surface area contributed by atoms with Gasteiger partial charge in [0.25, 0.3) is 5.91 Å². The van der Waals surface area contributed by atoms with Crippen molar-refractivity contribution in [3.63, 3.8) is 0 Å². The van der Waals surface area contributed by atoms with Gasteiger partial charge >= 0.3 is 0 Å². The molecule has 3 saturated heterocycles. The molecule has 0 spiro atoms. The molecule has 5 aliphatic rings. The Labute approximate surface area is 340 Å². The number of hydrogen-bond donors (Lipinski definition) is 2. The minimum Gasteiger partial charge on any atom is -0.508 e. The van der Waals surface area contributed by atoms with E-state index in [1.54, 1.807) is 24.1 Å². The number of carbonyl (C=O) groups is 3. The van der Waals surface area contributed by atoms with Crippen molar-refractivity contribution in [3.8, 4) is 17.2 Å². The molecule has 5 heterocycles. The second-order valence-electron chi connectivity index (χ2n) is 17.2. The summed E-state index contributed by atoms with van der Waals surface area (Å²) in [6.45, 7) is 11.7. The van der Waals surface area contributed by atoms with Gasteiger partial charge in [-0.3, -0.25) is 24.6 Å². The Morgan fingerprint density at radius 3 is 2.29 bits per heavy atom. The molecule has 3 atom stereocenters. The lowest BCUT2D eigenvalue weighted by Gasteiger charge is -2.46. The van der Waals surface area contributed by atoms with Crippen molar-refractivity contribution in [2.45, 2.75) is 69.6 Å². The highest BCUT2D eigenvalue weighted by Gasteiger charge is 2.46. The number of hydrogen-bond acceptors (Lipinski definition) is 9. The first-order valence-electron chi connectivity index (χ1n) is 20.8. The van der Waals surface area contributed by atoms with Gasteiger partial charge in [-0.25, -0.2) is 0 Å². The van der Waals surface area contributed by atoms with Crippen molar-refractivity contribution >= 4 is 29.1 Å². The van der Waals surface area contributed by atoms with Crippen LogP contribution < -0.4 is 24.6 Å². The fraction of sp³-hybridized carbons (Fsp3) is 0.426. The SMILES string of the molecule is COc1cccc([C@@H]2C(c3ccc(N4CCC(CN5CCN(c6ccc7c(c6)CN([C@H]6CCC(=O)NC6=O)C7=O)CC5)CC4)cc3)c3ccc(O)cc3OC2(C)C)c1. The number of imide groups is 1. The lowest BCUT2D eigenvalue weighted by Crippen LogP contribution is -2.52. The van der Waals surface area contributed by atoms with E-state index < -0.39 is 11.6 Å². The summed E-state index contributed by atoms with van der Waals surface area (Å²) in [5.74, 6) is 1.66. The number of benzene rings is 4. The molecule has 4 aromatic rings. The summed E-state index contributed by atoms with van der Waals surface area (Å²) >= 11 is 0. The molecule has 1 unspecified atom stereocenters. The lowest BCUT2D eigenvalue weighted by molar-refractivity contribution is -0.136. The van der Waals surface area contributed by atoms with Crippen LogP contribution in [0.25, 0.3) is 0 Å². The second-order valence-corrected chi connectivity index (χ2v) is 17.2. The number of amides is 3. The minimum atomic E-state index is -0.595. The van der Waals surface area contributed by atoms with Crippen LogP contribution in [-0.2, 0) is 16.1 Å². The van der Waals surface area contributed by atoms with E-state index in [9.17, 15) is 19.5 Å². The summed E-state index contributed by atoms with van der Waals surface area (Å²) in [6, 6.07) is 28.4. The molecule has 0 aliphatic carbocycles. The van der Waals surface area contributed by atoms with Crippen LogP contribution in [-0.4, -0.2) is 97.2 Å². The van der Waals surface area contributed by atoms with Crippen LogP contribution in [0.5, 0.6) is 17.2 Å². The van der Waals surface area contributed by atoms with E-state index in [2.05, 4.69) is 76.3 Å². The van der Waals surface area contributed by atoms with Crippen LogP contribution >= 0.6 is 0 Å². The number of aromatic hydroxyl groups is 1. The molecule has 9 rings (SSSR count). The van der Waals surface area contributed by atoms with Gasteiger partial charge in [-0.1, -0.05) is 30.3 Å². The van der Waals surface area contributed by atoms with Crippen molar-refractivity contribution < 1.29 is 29.0 Å². The number of piperidine rings is 2. The van der Waals surface area contributed by atoms with Gasteiger partial charge < -0.3 is 29.3 Å². The zero-order valence-corrected chi connectivity index (χ0v) is 33.7. The average Bonchev–Trinajstić information content (AvgIpc) is 3.55. The largest absolute Gasteiger partial charge is 0.508 e. The van der Waals surface area contributed by atoms with Gasteiger partial charge in [0.05, 0.1) is 7.11 Å². The number of methoxy groups -OCH3 is 1. The molecule has 0 saturated carbocycles. The maximum atomic E-state index is 13.2. The number of nitrogens with one attached hydrogen (secondary N) is 1. The number of anilines is 2. The number of ether oxygens (including phenoxy) is 2.